The molecule has 2 aromatic rings. The van der Waals surface area contributed by atoms with Crippen molar-refractivity contribution >= 4 is 28.4 Å². The van der Waals surface area contributed by atoms with Gasteiger partial charge in [0.1, 0.15) is 11.6 Å². The van der Waals surface area contributed by atoms with Crippen molar-refractivity contribution in [2.45, 2.75) is 38.1 Å². The lowest BCUT2D eigenvalue weighted by Gasteiger charge is -2.28. The average molecular weight is 341 g/mol. The number of hydrogen-bond donors (Lipinski definition) is 1. The van der Waals surface area contributed by atoms with Crippen LogP contribution in [0.4, 0.5) is 5.69 Å². The highest BCUT2D eigenvalue weighted by atomic mass is 16.2. The largest absolute Gasteiger partial charge is 0.371 e. The fourth-order valence-corrected chi connectivity index (χ4v) is 3.51. The third-order valence-corrected chi connectivity index (χ3v) is 4.90. The van der Waals surface area contributed by atoms with Crippen LogP contribution in [0, 0.1) is 0 Å². The summed E-state index contributed by atoms with van der Waals surface area (Å²) in [5, 5.41) is 10.8. The van der Waals surface area contributed by atoms with Crippen molar-refractivity contribution in [2.75, 3.05) is 18.0 Å². The van der Waals surface area contributed by atoms with Gasteiger partial charge in [-0.05, 0) is 43.9 Å². The number of fused-ring (bicyclic) bond motifs is 1. The van der Waals surface area contributed by atoms with Gasteiger partial charge in [-0.15, -0.1) is 5.10 Å². The van der Waals surface area contributed by atoms with Crippen LogP contribution in [0.5, 0.6) is 0 Å². The fraction of sp³-hybridized carbons (Fsp3) is 0.471. The molecule has 8 heteroatoms. The molecule has 2 aliphatic heterocycles. The quantitative estimate of drug-likeness (QED) is 0.810. The monoisotopic (exact) mass is 341 g/mol. The minimum absolute atomic E-state index is 0.191. The third-order valence-electron chi connectivity index (χ3n) is 4.90. The molecule has 1 aromatic carbocycles. The van der Waals surface area contributed by atoms with Gasteiger partial charge in [-0.1, -0.05) is 5.21 Å². The van der Waals surface area contributed by atoms with Gasteiger partial charge in [-0.2, -0.15) is 4.68 Å². The summed E-state index contributed by atoms with van der Waals surface area (Å²) in [4.78, 5) is 38.3. The molecule has 2 saturated heterocycles. The highest BCUT2D eigenvalue weighted by molar-refractivity contribution is 5.99. The fourth-order valence-electron chi connectivity index (χ4n) is 3.51. The van der Waals surface area contributed by atoms with Gasteiger partial charge in [-0.25, -0.2) is 0 Å². The van der Waals surface area contributed by atoms with Gasteiger partial charge >= 0.3 is 0 Å². The molecule has 0 bridgehead atoms. The number of nitrogens with one attached hydrogen (secondary N) is 1. The van der Waals surface area contributed by atoms with Gasteiger partial charge in [0.2, 0.25) is 5.91 Å². The molecule has 1 aromatic heterocycles. The molecule has 1 atom stereocenters. The second-order valence-corrected chi connectivity index (χ2v) is 6.56. The van der Waals surface area contributed by atoms with Gasteiger partial charge in [0, 0.05) is 25.2 Å². The maximum absolute atomic E-state index is 12.7. The van der Waals surface area contributed by atoms with E-state index >= 15 is 0 Å². The van der Waals surface area contributed by atoms with Crippen molar-refractivity contribution in [3.63, 3.8) is 0 Å². The Bertz CT molecular complexity index is 901. The first-order chi connectivity index (χ1) is 12.1. The molecule has 1 unspecified atom stereocenters. The van der Waals surface area contributed by atoms with E-state index in [1.807, 2.05) is 12.1 Å². The Balaban J connectivity index is 1.70. The number of aromatic nitrogens is 3. The summed E-state index contributed by atoms with van der Waals surface area (Å²) < 4.78 is 1.09. The average Bonchev–Trinajstić information content (AvgIpc) is 2.63. The molecule has 0 aliphatic carbocycles. The number of carbonyl (C=O) groups is 2. The molecule has 8 nitrogen and oxygen atoms in total. The summed E-state index contributed by atoms with van der Waals surface area (Å²) in [5.74, 6) is -0.828. The van der Waals surface area contributed by atoms with Crippen LogP contribution >= 0.6 is 0 Å². The van der Waals surface area contributed by atoms with Crippen molar-refractivity contribution in [2.24, 2.45) is 0 Å². The van der Waals surface area contributed by atoms with E-state index in [0.717, 1.165) is 23.5 Å². The van der Waals surface area contributed by atoms with Crippen molar-refractivity contribution < 1.29 is 9.59 Å². The number of nitrogens with zero attached hydrogens (tertiary/aromatic N) is 4. The number of carbonyl (C=O) groups excluding carboxylic acids is 2. The van der Waals surface area contributed by atoms with E-state index in [0.29, 0.717) is 10.9 Å². The predicted molar refractivity (Wildman–Crippen MR) is 91.3 cm³/mol. The smallest absolute Gasteiger partial charge is 0.278 e. The minimum atomic E-state index is -0.788. The maximum atomic E-state index is 12.7. The van der Waals surface area contributed by atoms with Crippen LogP contribution in [0.3, 0.4) is 0 Å². The number of benzene rings is 1. The van der Waals surface area contributed by atoms with E-state index in [9.17, 15) is 14.4 Å². The third kappa shape index (κ3) is 2.88. The molecule has 2 aliphatic rings. The predicted octanol–water partition coefficient (Wildman–Crippen LogP) is 0.759. The summed E-state index contributed by atoms with van der Waals surface area (Å²) in [5.41, 5.74) is 1.21. The summed E-state index contributed by atoms with van der Waals surface area (Å²) in [6.07, 6.45) is 4.04. The lowest BCUT2D eigenvalue weighted by molar-refractivity contribution is -0.136. The highest BCUT2D eigenvalue weighted by Gasteiger charge is 2.30. The molecular weight excluding hydrogens is 322 g/mol. The minimum Gasteiger partial charge on any atom is -0.371 e. The van der Waals surface area contributed by atoms with E-state index in [4.69, 9.17) is 0 Å². The maximum Gasteiger partial charge on any atom is 0.278 e. The molecule has 3 heterocycles. The molecule has 25 heavy (non-hydrogen) atoms. The molecule has 0 radical (unpaired) electrons. The summed E-state index contributed by atoms with van der Waals surface area (Å²) >= 11 is 0. The Kier molecular flexibility index (Phi) is 3.95. The highest BCUT2D eigenvalue weighted by Crippen LogP contribution is 2.23. The van der Waals surface area contributed by atoms with Crippen LogP contribution < -0.4 is 15.8 Å². The normalized spacial score (nSPS) is 21.4. The number of rotatable bonds is 2. The summed E-state index contributed by atoms with van der Waals surface area (Å²) in [6, 6.07) is 4.76. The Hall–Kier alpha value is -2.77. The Labute approximate surface area is 143 Å². The van der Waals surface area contributed by atoms with E-state index in [-0.39, 0.29) is 24.3 Å². The number of hydrogen-bond acceptors (Lipinski definition) is 6. The first-order valence-corrected chi connectivity index (χ1v) is 8.61. The molecule has 130 valence electrons. The second-order valence-electron chi connectivity index (χ2n) is 6.56. The molecule has 0 spiro atoms. The Morgan fingerprint density at radius 2 is 1.88 bits per heavy atom. The van der Waals surface area contributed by atoms with Crippen LogP contribution in [0.25, 0.3) is 10.9 Å². The van der Waals surface area contributed by atoms with Crippen LogP contribution in [0.15, 0.2) is 23.0 Å². The number of anilines is 1. The molecule has 2 fully saturated rings. The molecule has 4 rings (SSSR count). The lowest BCUT2D eigenvalue weighted by atomic mass is 10.1. The standard InChI is InChI=1S/C17H19N5O3/c23-15-7-6-14(16(24)18-15)22-17(25)12-5-4-11(10-13(12)19-20-22)21-8-2-1-3-9-21/h4-5,10,14H,1-3,6-9H2,(H,18,23,24). The van der Waals surface area contributed by atoms with Crippen molar-refractivity contribution in [1.82, 2.24) is 20.3 Å². The van der Waals surface area contributed by atoms with Gasteiger partial charge in [-0.3, -0.25) is 19.7 Å². The van der Waals surface area contributed by atoms with E-state index in [1.165, 1.54) is 19.3 Å². The Morgan fingerprint density at radius 3 is 2.64 bits per heavy atom. The van der Waals surface area contributed by atoms with Crippen LogP contribution in [0.1, 0.15) is 38.1 Å². The number of amides is 2. The Morgan fingerprint density at radius 1 is 1.08 bits per heavy atom. The number of imide groups is 1. The molecular formula is C17H19N5O3. The van der Waals surface area contributed by atoms with Crippen LogP contribution in [-0.4, -0.2) is 39.9 Å². The van der Waals surface area contributed by atoms with E-state index < -0.39 is 11.9 Å². The van der Waals surface area contributed by atoms with Gasteiger partial charge in [0.05, 0.1) is 5.39 Å². The first-order valence-electron chi connectivity index (χ1n) is 8.61. The zero-order chi connectivity index (χ0) is 17.4. The lowest BCUT2D eigenvalue weighted by Crippen LogP contribution is -2.45. The van der Waals surface area contributed by atoms with Crippen molar-refractivity contribution in [3.05, 3.63) is 28.6 Å². The molecule has 0 saturated carbocycles. The molecule has 1 N–H and O–H groups in total. The first kappa shape index (κ1) is 15.7. The van der Waals surface area contributed by atoms with Crippen LogP contribution in [-0.2, 0) is 9.59 Å². The van der Waals surface area contributed by atoms with Gasteiger partial charge < -0.3 is 4.90 Å². The second kappa shape index (κ2) is 6.27. The van der Waals surface area contributed by atoms with Crippen LogP contribution in [0.2, 0.25) is 0 Å². The van der Waals surface area contributed by atoms with Crippen molar-refractivity contribution in [1.29, 1.82) is 0 Å². The van der Waals surface area contributed by atoms with E-state index in [1.54, 1.807) is 6.07 Å². The topological polar surface area (TPSA) is 97.2 Å². The molecule has 2 amide bonds. The van der Waals surface area contributed by atoms with Gasteiger partial charge in [0.25, 0.3) is 11.5 Å². The van der Waals surface area contributed by atoms with Gasteiger partial charge in [0.15, 0.2) is 0 Å². The summed E-state index contributed by atoms with van der Waals surface area (Å²) in [7, 11) is 0. The van der Waals surface area contributed by atoms with Crippen molar-refractivity contribution in [3.8, 4) is 0 Å². The summed E-state index contributed by atoms with van der Waals surface area (Å²) in [6.45, 7) is 2.01. The van der Waals surface area contributed by atoms with E-state index in [2.05, 4.69) is 20.5 Å². The zero-order valence-corrected chi connectivity index (χ0v) is 13.8. The zero-order valence-electron chi connectivity index (χ0n) is 13.8. The SMILES string of the molecule is O=C1CCC(n2nnc3cc(N4CCCCC4)ccc3c2=O)C(=O)N1. The number of piperidine rings is 2.